The van der Waals surface area contributed by atoms with Crippen LogP contribution in [-0.4, -0.2) is 86.4 Å². The molecular weight excluding hydrogens is 332 g/mol. The van der Waals surface area contributed by atoms with Gasteiger partial charge in [0.1, 0.15) is 0 Å². The molecule has 0 fully saturated rings. The smallest absolute Gasteiger partial charge is 2.00 e. The Balaban J connectivity index is 0. The van der Waals surface area contributed by atoms with Crippen molar-refractivity contribution in [2.45, 2.75) is 0 Å². The monoisotopic (exact) mass is 338 g/mol. The first kappa shape index (κ1) is 101. The molecule has 0 spiro atoms. The maximum atomic E-state index is 0. The molecule has 0 bridgehead atoms. The average molecular weight is 338 g/mol. The summed E-state index contributed by atoms with van der Waals surface area (Å²) in [7, 11) is 0. The third kappa shape index (κ3) is 53.8. The van der Waals surface area contributed by atoms with Crippen molar-refractivity contribution < 1.29 is 16.4 Å². The largest absolute Gasteiger partial charge is 2.00 e. The molecular formula is H6Al2In2O3. The van der Waals surface area contributed by atoms with E-state index in [1.807, 2.05) is 0 Å². The molecule has 0 radical (unpaired) electrons. The quantitative estimate of drug-likeness (QED) is 0.411. The average Bonchev–Trinajstić information content (AvgIpc) is 0. The van der Waals surface area contributed by atoms with Crippen LogP contribution >= 0.6 is 0 Å². The van der Waals surface area contributed by atoms with Gasteiger partial charge in [-0.15, -0.1) is 0 Å². The van der Waals surface area contributed by atoms with E-state index in [2.05, 4.69) is 0 Å². The van der Waals surface area contributed by atoms with Crippen LogP contribution in [-0.2, 0) is 16.4 Å². The van der Waals surface area contributed by atoms with Crippen molar-refractivity contribution >= 4 is 86.4 Å². The van der Waals surface area contributed by atoms with E-state index in [1.165, 1.54) is 0 Å². The van der Waals surface area contributed by atoms with Gasteiger partial charge in [0.15, 0.2) is 0 Å². The predicted molar refractivity (Wildman–Crippen MR) is 33.4 cm³/mol. The van der Waals surface area contributed by atoms with Crippen LogP contribution < -0.4 is 0 Å². The molecule has 0 amide bonds. The molecule has 0 aliphatic heterocycles. The fourth-order valence-corrected chi connectivity index (χ4v) is 0. The fraction of sp³-hybridized carbons (Fsp3) is 0. The summed E-state index contributed by atoms with van der Waals surface area (Å²) in [5, 5.41) is 0. The van der Waals surface area contributed by atoms with Gasteiger partial charge in [-0.1, -0.05) is 0 Å². The third-order valence-corrected chi connectivity index (χ3v) is 0. The van der Waals surface area contributed by atoms with Gasteiger partial charge in [-0.05, 0) is 0 Å². The molecule has 0 aliphatic carbocycles. The first-order valence-corrected chi connectivity index (χ1v) is 0. The SMILES string of the molecule is [Al+3].[Al+3].[InH3].[InH3].[O-2].[O-2].[O-2]. The zero-order valence-corrected chi connectivity index (χ0v) is 4.69. The summed E-state index contributed by atoms with van der Waals surface area (Å²) in [6.45, 7) is 0. The second kappa shape index (κ2) is 71.1. The number of hydrogen-bond acceptors (Lipinski definition) is 0. The van der Waals surface area contributed by atoms with Crippen molar-refractivity contribution in [3.63, 3.8) is 0 Å². The van der Waals surface area contributed by atoms with Crippen LogP contribution in [0.2, 0.25) is 0 Å². The molecule has 0 saturated heterocycles. The van der Waals surface area contributed by atoms with Gasteiger partial charge in [-0.3, -0.25) is 0 Å². The first-order valence-electron chi connectivity index (χ1n) is 0. The van der Waals surface area contributed by atoms with Gasteiger partial charge >= 0.3 is 86.4 Å². The van der Waals surface area contributed by atoms with Gasteiger partial charge in [0.2, 0.25) is 0 Å². The summed E-state index contributed by atoms with van der Waals surface area (Å²) in [6.07, 6.45) is 0. The minimum absolute atomic E-state index is 0. The summed E-state index contributed by atoms with van der Waals surface area (Å²) in [4.78, 5) is 0. The van der Waals surface area contributed by atoms with Crippen LogP contribution in [0.15, 0.2) is 0 Å². The predicted octanol–water partition coefficient (Wildman–Crippen LogP) is -3.49. The van der Waals surface area contributed by atoms with Crippen LogP contribution in [0.1, 0.15) is 0 Å². The Labute approximate surface area is 101 Å². The Morgan fingerprint density at radius 1 is 0.429 bits per heavy atom. The summed E-state index contributed by atoms with van der Waals surface area (Å²) in [5.41, 5.74) is 0. The van der Waals surface area contributed by atoms with Gasteiger partial charge in [0.25, 0.3) is 0 Å². The Morgan fingerprint density at radius 3 is 0.429 bits per heavy atom. The standard InChI is InChI=1S/2Al.2In.3O.6H/q2*+3;;;3*-2;;;;;;. The summed E-state index contributed by atoms with van der Waals surface area (Å²) in [5.74, 6) is 0. The van der Waals surface area contributed by atoms with Crippen LogP contribution in [0.3, 0.4) is 0 Å². The van der Waals surface area contributed by atoms with Crippen molar-refractivity contribution in [2.75, 3.05) is 0 Å². The Kier molecular flexibility index (Phi) is 1030. The second-order valence-electron chi connectivity index (χ2n) is 0. The van der Waals surface area contributed by atoms with Crippen molar-refractivity contribution in [1.82, 2.24) is 0 Å². The Bertz CT molecular complexity index is 10.9. The molecule has 0 aliphatic rings. The van der Waals surface area contributed by atoms with Crippen molar-refractivity contribution in [2.24, 2.45) is 0 Å². The van der Waals surface area contributed by atoms with Gasteiger partial charge in [0.05, 0.1) is 0 Å². The zero-order chi connectivity index (χ0) is 0. The van der Waals surface area contributed by atoms with E-state index in [0.717, 1.165) is 0 Å². The minimum Gasteiger partial charge on any atom is -2.00 e. The van der Waals surface area contributed by atoms with Crippen molar-refractivity contribution in [1.29, 1.82) is 0 Å². The van der Waals surface area contributed by atoms with Gasteiger partial charge < -0.3 is 16.4 Å². The fourth-order valence-electron chi connectivity index (χ4n) is 0. The summed E-state index contributed by atoms with van der Waals surface area (Å²) >= 11 is 0. The molecule has 0 heterocycles. The Morgan fingerprint density at radius 2 is 0.429 bits per heavy atom. The number of rotatable bonds is 0. The van der Waals surface area contributed by atoms with Gasteiger partial charge in [-0.2, -0.15) is 0 Å². The van der Waals surface area contributed by atoms with Crippen molar-refractivity contribution in [3.8, 4) is 0 Å². The summed E-state index contributed by atoms with van der Waals surface area (Å²) < 4.78 is 0. The molecule has 0 saturated carbocycles. The van der Waals surface area contributed by atoms with E-state index in [-0.39, 0.29) is 103 Å². The molecule has 7 heavy (non-hydrogen) atoms. The van der Waals surface area contributed by atoms with E-state index in [4.69, 9.17) is 0 Å². The normalized spacial score (nSPS) is 0. The Hall–Kier alpha value is 2.69. The summed E-state index contributed by atoms with van der Waals surface area (Å²) in [6, 6.07) is 0. The van der Waals surface area contributed by atoms with E-state index in [9.17, 15) is 0 Å². The maximum absolute atomic E-state index is 0. The molecule has 0 atom stereocenters. The van der Waals surface area contributed by atoms with Crippen LogP contribution in [0.5, 0.6) is 0 Å². The molecule has 7 heteroatoms. The maximum Gasteiger partial charge on any atom is -2.00 e. The molecule has 0 aromatic rings. The van der Waals surface area contributed by atoms with E-state index in [1.54, 1.807) is 0 Å². The molecule has 0 aromatic carbocycles. The van der Waals surface area contributed by atoms with Crippen LogP contribution in [0, 0.1) is 0 Å². The zero-order valence-electron chi connectivity index (χ0n) is 2.38. The van der Waals surface area contributed by atoms with Crippen LogP contribution in [0.4, 0.5) is 0 Å². The van der Waals surface area contributed by atoms with Gasteiger partial charge in [0, 0.05) is 0 Å². The van der Waals surface area contributed by atoms with E-state index < -0.39 is 0 Å². The van der Waals surface area contributed by atoms with E-state index in [0.29, 0.717) is 0 Å². The molecule has 3 nitrogen and oxygen atoms in total. The molecule has 0 N–H and O–H groups in total. The second-order valence-corrected chi connectivity index (χ2v) is 0. The van der Waals surface area contributed by atoms with E-state index >= 15 is 0 Å². The van der Waals surface area contributed by atoms with Gasteiger partial charge in [-0.25, -0.2) is 0 Å². The third-order valence-electron chi connectivity index (χ3n) is 0. The molecule has 0 aromatic heterocycles. The first-order chi connectivity index (χ1) is 0. The number of hydrogen-bond donors (Lipinski definition) is 0. The molecule has 0 unspecified atom stereocenters. The minimum atomic E-state index is 0. The molecule has 0 rings (SSSR count). The van der Waals surface area contributed by atoms with Crippen molar-refractivity contribution in [3.05, 3.63) is 0 Å². The van der Waals surface area contributed by atoms with Crippen LogP contribution in [0.25, 0.3) is 0 Å². The molecule has 36 valence electrons. The topological polar surface area (TPSA) is 85.5 Å².